The first kappa shape index (κ1) is 14.6. The van der Waals surface area contributed by atoms with Crippen LogP contribution in [0.5, 0.6) is 0 Å². The molecule has 5 heteroatoms. The number of nitrogens with one attached hydrogen (secondary N) is 1. The summed E-state index contributed by atoms with van der Waals surface area (Å²) in [7, 11) is -0.773. The molecule has 1 aromatic rings. The average molecular weight is 278 g/mol. The molecule has 0 aliphatic carbocycles. The largest absolute Gasteiger partial charge is 0.310 e. The van der Waals surface area contributed by atoms with Crippen LogP contribution in [0.1, 0.15) is 18.9 Å². The zero-order chi connectivity index (χ0) is 12.8. The van der Waals surface area contributed by atoms with Crippen molar-refractivity contribution >= 4 is 22.4 Å². The van der Waals surface area contributed by atoms with Gasteiger partial charge in [-0.25, -0.2) is 4.39 Å². The first-order valence-corrected chi connectivity index (χ1v) is 7.57. The predicted octanol–water partition coefficient (Wildman–Crippen LogP) is 2.73. The second-order valence-corrected chi connectivity index (χ2v) is 6.07. The van der Waals surface area contributed by atoms with Crippen LogP contribution in [0.3, 0.4) is 0 Å². The van der Waals surface area contributed by atoms with Gasteiger partial charge in [0, 0.05) is 46.0 Å². The maximum absolute atomic E-state index is 13.4. The lowest BCUT2D eigenvalue weighted by Gasteiger charge is -2.13. The van der Waals surface area contributed by atoms with Gasteiger partial charge in [0.1, 0.15) is 5.82 Å². The number of benzene rings is 1. The monoisotopic (exact) mass is 277 g/mol. The molecule has 0 amide bonds. The van der Waals surface area contributed by atoms with Crippen molar-refractivity contribution in [2.24, 2.45) is 0 Å². The van der Waals surface area contributed by atoms with E-state index in [4.69, 9.17) is 11.6 Å². The topological polar surface area (TPSA) is 29.1 Å². The fourth-order valence-corrected chi connectivity index (χ4v) is 2.24. The Balaban J connectivity index is 2.41. The second kappa shape index (κ2) is 7.09. The summed E-state index contributed by atoms with van der Waals surface area (Å²) in [5.41, 5.74) is 0.596. The summed E-state index contributed by atoms with van der Waals surface area (Å²) in [6.07, 6.45) is 2.50. The van der Waals surface area contributed by atoms with E-state index < -0.39 is 10.8 Å². The van der Waals surface area contributed by atoms with E-state index in [2.05, 4.69) is 5.32 Å². The van der Waals surface area contributed by atoms with Gasteiger partial charge in [-0.2, -0.15) is 0 Å². The van der Waals surface area contributed by atoms with E-state index in [9.17, 15) is 8.60 Å². The molecule has 0 spiro atoms. The van der Waals surface area contributed by atoms with E-state index in [0.29, 0.717) is 22.9 Å². The molecule has 0 fully saturated rings. The SMILES string of the molecule is CC(CCS(C)=O)NCc1ccc(Cl)cc1F. The highest BCUT2D eigenvalue weighted by atomic mass is 35.5. The molecular weight excluding hydrogens is 261 g/mol. The van der Waals surface area contributed by atoms with E-state index in [0.717, 1.165) is 6.42 Å². The van der Waals surface area contributed by atoms with Crippen molar-refractivity contribution in [3.63, 3.8) is 0 Å². The Hall–Kier alpha value is -0.450. The van der Waals surface area contributed by atoms with Crippen LogP contribution < -0.4 is 5.32 Å². The average Bonchev–Trinajstić information content (AvgIpc) is 2.25. The Kier molecular flexibility index (Phi) is 6.09. The molecule has 2 unspecified atom stereocenters. The zero-order valence-corrected chi connectivity index (χ0v) is 11.6. The quantitative estimate of drug-likeness (QED) is 0.866. The predicted molar refractivity (Wildman–Crippen MR) is 71.3 cm³/mol. The second-order valence-electron chi connectivity index (χ2n) is 4.08. The van der Waals surface area contributed by atoms with Gasteiger partial charge < -0.3 is 5.32 Å². The van der Waals surface area contributed by atoms with Gasteiger partial charge in [-0.15, -0.1) is 0 Å². The van der Waals surface area contributed by atoms with Gasteiger partial charge in [0.2, 0.25) is 0 Å². The third-order valence-corrected chi connectivity index (χ3v) is 3.54. The Bertz CT molecular complexity index is 400. The Labute approximate surface area is 109 Å². The van der Waals surface area contributed by atoms with Crippen LogP contribution in [-0.2, 0) is 17.3 Å². The Morgan fingerprint density at radius 2 is 2.24 bits per heavy atom. The van der Waals surface area contributed by atoms with Crippen molar-refractivity contribution in [1.29, 1.82) is 0 Å². The third-order valence-electron chi connectivity index (χ3n) is 2.49. The van der Waals surface area contributed by atoms with Crippen molar-refractivity contribution in [2.45, 2.75) is 25.9 Å². The van der Waals surface area contributed by atoms with Gasteiger partial charge in [0.25, 0.3) is 0 Å². The summed E-state index contributed by atoms with van der Waals surface area (Å²) in [5.74, 6) is 0.369. The lowest BCUT2D eigenvalue weighted by Crippen LogP contribution is -2.27. The van der Waals surface area contributed by atoms with Crippen molar-refractivity contribution in [3.8, 4) is 0 Å². The van der Waals surface area contributed by atoms with Crippen molar-refractivity contribution in [2.75, 3.05) is 12.0 Å². The molecule has 1 aromatic carbocycles. The summed E-state index contributed by atoms with van der Waals surface area (Å²) in [6.45, 7) is 2.46. The van der Waals surface area contributed by atoms with E-state index in [1.807, 2.05) is 6.92 Å². The van der Waals surface area contributed by atoms with Crippen LogP contribution in [0.25, 0.3) is 0 Å². The lowest BCUT2D eigenvalue weighted by atomic mass is 10.2. The lowest BCUT2D eigenvalue weighted by molar-refractivity contribution is 0.517. The molecule has 1 rings (SSSR count). The minimum absolute atomic E-state index is 0.217. The van der Waals surface area contributed by atoms with Crippen LogP contribution in [0.2, 0.25) is 5.02 Å². The molecule has 0 saturated heterocycles. The molecule has 0 saturated carbocycles. The molecule has 2 atom stereocenters. The molecule has 1 N–H and O–H groups in total. The molecule has 96 valence electrons. The maximum Gasteiger partial charge on any atom is 0.129 e. The summed E-state index contributed by atoms with van der Waals surface area (Å²) in [5, 5.41) is 3.60. The Morgan fingerprint density at radius 1 is 1.53 bits per heavy atom. The molecule has 2 nitrogen and oxygen atoms in total. The number of hydrogen-bond acceptors (Lipinski definition) is 2. The molecule has 0 radical (unpaired) electrons. The number of halogens is 2. The first-order chi connectivity index (χ1) is 7.99. The maximum atomic E-state index is 13.4. The minimum Gasteiger partial charge on any atom is -0.310 e. The zero-order valence-electron chi connectivity index (χ0n) is 10.0. The summed E-state index contributed by atoms with van der Waals surface area (Å²) < 4.78 is 24.4. The van der Waals surface area contributed by atoms with Crippen molar-refractivity contribution < 1.29 is 8.60 Å². The molecule has 17 heavy (non-hydrogen) atoms. The van der Waals surface area contributed by atoms with Crippen LogP contribution in [-0.4, -0.2) is 22.3 Å². The van der Waals surface area contributed by atoms with Crippen molar-refractivity contribution in [3.05, 3.63) is 34.6 Å². The number of rotatable bonds is 6. The van der Waals surface area contributed by atoms with Gasteiger partial charge in [-0.05, 0) is 25.5 Å². The summed E-state index contributed by atoms with van der Waals surface area (Å²) in [6, 6.07) is 4.88. The fourth-order valence-electron chi connectivity index (χ4n) is 1.39. The van der Waals surface area contributed by atoms with E-state index in [-0.39, 0.29) is 11.9 Å². The van der Waals surface area contributed by atoms with Crippen LogP contribution in [0.15, 0.2) is 18.2 Å². The number of hydrogen-bond donors (Lipinski definition) is 1. The smallest absolute Gasteiger partial charge is 0.129 e. The van der Waals surface area contributed by atoms with Crippen molar-refractivity contribution in [1.82, 2.24) is 5.32 Å². The van der Waals surface area contributed by atoms with Crippen LogP contribution >= 0.6 is 11.6 Å². The van der Waals surface area contributed by atoms with Crippen LogP contribution in [0, 0.1) is 5.82 Å². The van der Waals surface area contributed by atoms with E-state index in [1.165, 1.54) is 6.07 Å². The molecule has 0 aliphatic heterocycles. The minimum atomic E-state index is -0.773. The summed E-state index contributed by atoms with van der Waals surface area (Å²) in [4.78, 5) is 0. The molecule has 0 heterocycles. The highest BCUT2D eigenvalue weighted by Gasteiger charge is 2.06. The normalized spacial score (nSPS) is 14.6. The van der Waals surface area contributed by atoms with Gasteiger partial charge in [0.05, 0.1) is 0 Å². The molecule has 0 aliphatic rings. The van der Waals surface area contributed by atoms with Gasteiger partial charge in [-0.1, -0.05) is 17.7 Å². The van der Waals surface area contributed by atoms with Gasteiger partial charge in [-0.3, -0.25) is 4.21 Å². The van der Waals surface area contributed by atoms with Crippen LogP contribution in [0.4, 0.5) is 4.39 Å². The fraction of sp³-hybridized carbons (Fsp3) is 0.500. The third kappa shape index (κ3) is 5.61. The molecular formula is C12H17ClFNOS. The molecule has 0 aromatic heterocycles. The van der Waals surface area contributed by atoms with Gasteiger partial charge >= 0.3 is 0 Å². The standard InChI is InChI=1S/C12H17ClFNOS/c1-9(5-6-17(2)16)15-8-10-3-4-11(13)7-12(10)14/h3-4,7,9,15H,5-6,8H2,1-2H3. The highest BCUT2D eigenvalue weighted by Crippen LogP contribution is 2.14. The van der Waals surface area contributed by atoms with E-state index in [1.54, 1.807) is 18.4 Å². The Morgan fingerprint density at radius 3 is 2.82 bits per heavy atom. The summed E-state index contributed by atoms with van der Waals surface area (Å²) >= 11 is 5.67. The first-order valence-electron chi connectivity index (χ1n) is 5.46. The van der Waals surface area contributed by atoms with Gasteiger partial charge in [0.15, 0.2) is 0 Å². The molecule has 0 bridgehead atoms. The highest BCUT2D eigenvalue weighted by molar-refractivity contribution is 7.84. The van der Waals surface area contributed by atoms with E-state index >= 15 is 0 Å².